The van der Waals surface area contributed by atoms with E-state index in [4.69, 9.17) is 1.41 Å². The summed E-state index contributed by atoms with van der Waals surface area (Å²) in [4.78, 5) is 0. The van der Waals surface area contributed by atoms with Crippen molar-refractivity contribution < 1.29 is 1.41 Å². The molecular formula is C17H25N. The van der Waals surface area contributed by atoms with Gasteiger partial charge in [0.15, 0.2) is 0 Å². The van der Waals surface area contributed by atoms with E-state index in [0.29, 0.717) is 11.5 Å². The smallest absolute Gasteiger partial charge is 0.123 e. The molecule has 98 valence electrons. The third kappa shape index (κ3) is 1.99. The first-order valence-corrected chi connectivity index (χ1v) is 7.34. The molecule has 18 heavy (non-hydrogen) atoms. The van der Waals surface area contributed by atoms with Crippen LogP contribution in [0.4, 0.5) is 0 Å². The van der Waals surface area contributed by atoms with Crippen LogP contribution >= 0.6 is 0 Å². The van der Waals surface area contributed by atoms with Crippen LogP contribution in [0, 0.1) is 19.3 Å². The molecule has 1 saturated carbocycles. The van der Waals surface area contributed by atoms with Crippen molar-refractivity contribution in [1.29, 1.82) is 0 Å². The van der Waals surface area contributed by atoms with Gasteiger partial charge in [0, 0.05) is 12.6 Å². The van der Waals surface area contributed by atoms with Crippen LogP contribution in [0.1, 0.15) is 55.2 Å². The molecule has 3 rings (SSSR count). The molecule has 0 amide bonds. The third-order valence-corrected chi connectivity index (χ3v) is 5.26. The van der Waals surface area contributed by atoms with Gasteiger partial charge in [0.2, 0.25) is 0 Å². The zero-order valence-corrected chi connectivity index (χ0v) is 11.9. The monoisotopic (exact) mass is 244 g/mol. The van der Waals surface area contributed by atoms with Crippen LogP contribution in [0.25, 0.3) is 0 Å². The second-order valence-electron chi connectivity index (χ2n) is 6.57. The summed E-state index contributed by atoms with van der Waals surface area (Å²) in [6, 6.07) is 7.47. The highest BCUT2D eigenvalue weighted by Gasteiger charge is 2.45. The molecule has 1 heterocycles. The van der Waals surface area contributed by atoms with Gasteiger partial charge in [0.1, 0.15) is 1.41 Å². The zero-order valence-electron chi connectivity index (χ0n) is 12.9. The first-order valence-electron chi connectivity index (χ1n) is 7.79. The summed E-state index contributed by atoms with van der Waals surface area (Å²) in [5.41, 5.74) is 4.80. The Morgan fingerprint density at radius 2 is 1.78 bits per heavy atom. The average molecular weight is 244 g/mol. The lowest BCUT2D eigenvalue weighted by Gasteiger charge is -2.53. The molecule has 1 atom stereocenters. The highest BCUT2D eigenvalue weighted by atomic mass is 15.0. The van der Waals surface area contributed by atoms with Gasteiger partial charge in [0.05, 0.1) is 0 Å². The Kier molecular flexibility index (Phi) is 2.69. The van der Waals surface area contributed by atoms with Crippen LogP contribution in [0.2, 0.25) is 1.41 Å². The molecule has 1 spiro atoms. The normalized spacial score (nSPS) is 37.4. The fourth-order valence-corrected chi connectivity index (χ4v) is 3.88. The standard InChI is InChI=1S/C17H25N/c1-12-8-13(2)10-16(9-12)15-4-6-17(7-5-15)11-18-14(17)3/h8-10,14-15,18H,4-7,11H2,1-3H3/i/hD. The van der Waals surface area contributed by atoms with Crippen molar-refractivity contribution in [2.24, 2.45) is 5.41 Å². The van der Waals surface area contributed by atoms with Crippen molar-refractivity contribution in [2.45, 2.75) is 58.4 Å². The minimum Gasteiger partial charge on any atom is -0.313 e. The van der Waals surface area contributed by atoms with Crippen molar-refractivity contribution in [3.05, 3.63) is 34.9 Å². The molecule has 0 radical (unpaired) electrons. The molecule has 2 fully saturated rings. The Labute approximate surface area is 112 Å². The highest BCUT2D eigenvalue weighted by molar-refractivity contribution is 5.31. The number of hydrogen-bond donors (Lipinski definition) is 1. The fourth-order valence-electron chi connectivity index (χ4n) is 3.88. The predicted octanol–water partition coefficient (Wildman–Crippen LogP) is 3.94. The first kappa shape index (κ1) is 11.0. The lowest BCUT2D eigenvalue weighted by molar-refractivity contribution is 0.0411. The Bertz CT molecular complexity index is 454. The molecule has 1 aromatic rings. The van der Waals surface area contributed by atoms with Crippen LogP contribution < -0.4 is 5.31 Å². The maximum absolute atomic E-state index is 7.78. The summed E-state index contributed by atoms with van der Waals surface area (Å²) in [5.74, 6) is 0.746. The molecule has 1 heteroatoms. The molecule has 1 aliphatic carbocycles. The number of aryl methyl sites for hydroxylation is 2. The molecule has 1 nitrogen and oxygen atoms in total. The van der Waals surface area contributed by atoms with Gasteiger partial charge in [0.25, 0.3) is 0 Å². The molecule has 0 bridgehead atoms. The number of hydrogen-bond acceptors (Lipinski definition) is 1. The summed E-state index contributed by atoms with van der Waals surface area (Å²) < 4.78 is 7.78. The first-order chi connectivity index (χ1) is 9.00. The van der Waals surface area contributed by atoms with Crippen LogP contribution in [-0.2, 0) is 0 Å². The van der Waals surface area contributed by atoms with Crippen molar-refractivity contribution in [2.75, 3.05) is 6.54 Å². The maximum Gasteiger partial charge on any atom is 0.123 e. The molecule has 2 aliphatic rings. The Hall–Kier alpha value is -0.820. The second-order valence-corrected chi connectivity index (χ2v) is 6.57. The van der Waals surface area contributed by atoms with Crippen molar-refractivity contribution >= 4 is 0 Å². The van der Waals surface area contributed by atoms with E-state index in [1.54, 1.807) is 10.9 Å². The van der Waals surface area contributed by atoms with Gasteiger partial charge in [-0.05, 0) is 63.4 Å². The topological polar surface area (TPSA) is 12.0 Å². The van der Waals surface area contributed by atoms with Gasteiger partial charge in [-0.25, -0.2) is 0 Å². The number of benzene rings is 1. The van der Waals surface area contributed by atoms with Crippen molar-refractivity contribution in [3.8, 4) is 0 Å². The fraction of sp³-hybridized carbons (Fsp3) is 0.647. The summed E-state index contributed by atoms with van der Waals surface area (Å²) >= 11 is 0. The molecule has 1 unspecified atom stereocenters. The highest BCUT2D eigenvalue weighted by Crippen LogP contribution is 2.48. The molecule has 1 aromatic carbocycles. The molecule has 0 aromatic heterocycles. The van der Waals surface area contributed by atoms with Crippen LogP contribution in [0.5, 0.6) is 0 Å². The number of rotatable bonds is 1. The maximum atomic E-state index is 7.78. The van der Waals surface area contributed by atoms with Gasteiger partial charge in [-0.1, -0.05) is 29.3 Å². The zero-order chi connectivity index (χ0) is 13.6. The lowest BCUT2D eigenvalue weighted by Crippen LogP contribution is -2.61. The van der Waals surface area contributed by atoms with Gasteiger partial charge in [-0.2, -0.15) is 0 Å². The Balaban J connectivity index is 1.70. The quantitative estimate of drug-likeness (QED) is 0.789. The largest absolute Gasteiger partial charge is 0.313 e. The summed E-state index contributed by atoms with van der Waals surface area (Å²) in [5, 5.41) is 1.76. The van der Waals surface area contributed by atoms with Gasteiger partial charge in [-0.15, -0.1) is 0 Å². The van der Waals surface area contributed by atoms with Gasteiger partial charge >= 0.3 is 0 Å². The third-order valence-electron chi connectivity index (χ3n) is 5.26. The van der Waals surface area contributed by atoms with E-state index >= 15 is 0 Å². The SMILES string of the molecule is [2H]N1CC2(CCC(c3cc(C)cc(C)c3)CC2)C1C. The Morgan fingerprint density at radius 3 is 2.28 bits per heavy atom. The number of nitrogens with one attached hydrogen (secondary N) is 1. The molecule has 1 aliphatic heterocycles. The average Bonchev–Trinajstić information content (AvgIpc) is 2.38. The van der Waals surface area contributed by atoms with Crippen LogP contribution in [0.3, 0.4) is 0 Å². The minimum absolute atomic E-state index is 0.465. The van der Waals surface area contributed by atoms with Crippen LogP contribution in [0.15, 0.2) is 18.2 Å². The predicted molar refractivity (Wildman–Crippen MR) is 77.0 cm³/mol. The van der Waals surface area contributed by atoms with E-state index in [0.717, 1.165) is 12.5 Å². The molecular weight excluding hydrogens is 218 g/mol. The van der Waals surface area contributed by atoms with E-state index in [-0.39, 0.29) is 0 Å². The second kappa shape index (κ2) is 4.38. The van der Waals surface area contributed by atoms with E-state index in [1.807, 2.05) is 0 Å². The van der Waals surface area contributed by atoms with Crippen LogP contribution in [-0.4, -0.2) is 12.6 Å². The molecule has 1 N–H and O–H groups in total. The minimum atomic E-state index is 0.465. The van der Waals surface area contributed by atoms with E-state index in [9.17, 15) is 0 Å². The Morgan fingerprint density at radius 1 is 1.17 bits per heavy atom. The van der Waals surface area contributed by atoms with E-state index < -0.39 is 0 Å². The van der Waals surface area contributed by atoms with Crippen molar-refractivity contribution in [1.82, 2.24) is 5.31 Å². The van der Waals surface area contributed by atoms with E-state index in [2.05, 4.69) is 39.0 Å². The molecule has 1 saturated heterocycles. The lowest BCUT2D eigenvalue weighted by atomic mass is 9.61. The summed E-state index contributed by atoms with van der Waals surface area (Å²) in [6.45, 7) is 7.63. The van der Waals surface area contributed by atoms with Crippen molar-refractivity contribution in [3.63, 3.8) is 0 Å². The summed E-state index contributed by atoms with van der Waals surface area (Å²) in [6.07, 6.45) is 5.23. The van der Waals surface area contributed by atoms with Gasteiger partial charge in [-0.3, -0.25) is 0 Å². The van der Waals surface area contributed by atoms with E-state index in [1.165, 1.54) is 36.8 Å². The van der Waals surface area contributed by atoms with Gasteiger partial charge < -0.3 is 5.31 Å². The summed E-state index contributed by atoms with van der Waals surface area (Å²) in [7, 11) is 0.